The first-order valence-corrected chi connectivity index (χ1v) is 7.74. The fraction of sp³-hybridized carbons (Fsp3) is 0.143. The van der Waals surface area contributed by atoms with Crippen LogP contribution >= 0.6 is 0 Å². The molecule has 0 amide bonds. The Morgan fingerprint density at radius 1 is 0.864 bits per heavy atom. The second kappa shape index (κ2) is 7.06. The Labute approximate surface area is 132 Å². The van der Waals surface area contributed by atoms with Gasteiger partial charge in [-0.1, -0.05) is 78.9 Å². The largest absolute Gasteiger partial charge is 0.306 e. The van der Waals surface area contributed by atoms with E-state index in [0.29, 0.717) is 0 Å². The molecule has 1 heteroatoms. The average Bonchev–Trinajstić information content (AvgIpc) is 2.59. The summed E-state index contributed by atoms with van der Waals surface area (Å²) in [6.07, 6.45) is 2.91. The summed E-state index contributed by atoms with van der Waals surface area (Å²) >= 11 is 0. The van der Waals surface area contributed by atoms with Crippen LogP contribution in [0, 0.1) is 0 Å². The number of nitrogens with one attached hydrogen (secondary N) is 1. The number of benzene rings is 3. The Morgan fingerprint density at radius 2 is 1.59 bits per heavy atom. The molecule has 0 spiro atoms. The van der Waals surface area contributed by atoms with Gasteiger partial charge < -0.3 is 5.32 Å². The van der Waals surface area contributed by atoms with E-state index in [1.165, 1.54) is 21.9 Å². The van der Waals surface area contributed by atoms with E-state index in [4.69, 9.17) is 0 Å². The van der Waals surface area contributed by atoms with Gasteiger partial charge in [0.1, 0.15) is 0 Å². The maximum atomic E-state index is 3.92. The van der Waals surface area contributed by atoms with Gasteiger partial charge in [0.2, 0.25) is 0 Å². The van der Waals surface area contributed by atoms with Crippen molar-refractivity contribution in [3.8, 4) is 0 Å². The maximum absolute atomic E-state index is 3.92. The maximum Gasteiger partial charge on any atom is 0.0363 e. The van der Waals surface area contributed by atoms with Gasteiger partial charge in [0.05, 0.1) is 0 Å². The summed E-state index contributed by atoms with van der Waals surface area (Å²) in [6.45, 7) is 4.78. The van der Waals surface area contributed by atoms with Crippen molar-refractivity contribution in [2.45, 2.75) is 19.0 Å². The van der Waals surface area contributed by atoms with Gasteiger partial charge in [0.25, 0.3) is 0 Å². The third-order valence-electron chi connectivity index (χ3n) is 4.00. The highest BCUT2D eigenvalue weighted by Gasteiger charge is 2.12. The number of hydrogen-bond acceptors (Lipinski definition) is 1. The zero-order valence-corrected chi connectivity index (χ0v) is 12.7. The minimum atomic E-state index is 0.281. The van der Waals surface area contributed by atoms with E-state index in [2.05, 4.69) is 84.7 Å². The van der Waals surface area contributed by atoms with Crippen LogP contribution in [0.15, 0.2) is 85.5 Å². The standard InChI is InChI=1S/C21H21N/c1-2-9-21(22-16-17-10-4-3-5-11-17)20-15-8-13-18-12-6-7-14-19(18)20/h2-8,10-15,21-22H,1,9,16H2/t21-/m1/s1. The molecule has 0 saturated carbocycles. The lowest BCUT2D eigenvalue weighted by Gasteiger charge is -2.20. The van der Waals surface area contributed by atoms with Gasteiger partial charge in [0.15, 0.2) is 0 Å². The van der Waals surface area contributed by atoms with Gasteiger partial charge in [-0.15, -0.1) is 6.58 Å². The predicted molar refractivity (Wildman–Crippen MR) is 94.8 cm³/mol. The zero-order valence-electron chi connectivity index (χ0n) is 12.7. The van der Waals surface area contributed by atoms with Crippen molar-refractivity contribution in [3.05, 3.63) is 96.6 Å². The Hall–Kier alpha value is -2.38. The molecule has 0 aliphatic carbocycles. The van der Waals surface area contributed by atoms with E-state index in [9.17, 15) is 0 Å². The van der Waals surface area contributed by atoms with Crippen LogP contribution in [0.2, 0.25) is 0 Å². The van der Waals surface area contributed by atoms with E-state index in [1.54, 1.807) is 0 Å². The second-order valence-electron chi connectivity index (χ2n) is 5.51. The number of rotatable bonds is 6. The van der Waals surface area contributed by atoms with Crippen LogP contribution in [-0.2, 0) is 6.54 Å². The number of hydrogen-bond donors (Lipinski definition) is 1. The van der Waals surface area contributed by atoms with Crippen molar-refractivity contribution in [1.29, 1.82) is 0 Å². The summed E-state index contributed by atoms with van der Waals surface area (Å²) in [5.41, 5.74) is 2.64. The summed E-state index contributed by atoms with van der Waals surface area (Å²) < 4.78 is 0. The quantitative estimate of drug-likeness (QED) is 0.611. The van der Waals surface area contributed by atoms with E-state index < -0.39 is 0 Å². The first-order chi connectivity index (χ1) is 10.9. The van der Waals surface area contributed by atoms with Crippen LogP contribution in [0.5, 0.6) is 0 Å². The van der Waals surface area contributed by atoms with Gasteiger partial charge in [-0.3, -0.25) is 0 Å². The van der Waals surface area contributed by atoms with E-state index in [0.717, 1.165) is 13.0 Å². The van der Waals surface area contributed by atoms with Crippen molar-refractivity contribution in [3.63, 3.8) is 0 Å². The average molecular weight is 287 g/mol. The fourth-order valence-electron chi connectivity index (χ4n) is 2.88. The predicted octanol–water partition coefficient (Wildman–Crippen LogP) is 5.25. The van der Waals surface area contributed by atoms with Crippen LogP contribution in [-0.4, -0.2) is 0 Å². The van der Waals surface area contributed by atoms with Crippen LogP contribution in [0.25, 0.3) is 10.8 Å². The Kier molecular flexibility index (Phi) is 4.67. The highest BCUT2D eigenvalue weighted by atomic mass is 14.9. The molecule has 1 nitrogen and oxygen atoms in total. The van der Waals surface area contributed by atoms with Gasteiger partial charge in [-0.2, -0.15) is 0 Å². The Bertz CT molecular complexity index is 741. The summed E-state index contributed by atoms with van der Waals surface area (Å²) in [5.74, 6) is 0. The molecule has 110 valence electrons. The van der Waals surface area contributed by atoms with Crippen molar-refractivity contribution in [1.82, 2.24) is 5.32 Å². The topological polar surface area (TPSA) is 12.0 Å². The highest BCUT2D eigenvalue weighted by molar-refractivity contribution is 5.86. The van der Waals surface area contributed by atoms with Crippen LogP contribution in [0.1, 0.15) is 23.6 Å². The van der Waals surface area contributed by atoms with Gasteiger partial charge in [-0.05, 0) is 28.3 Å². The molecule has 0 aromatic heterocycles. The monoisotopic (exact) mass is 287 g/mol. The molecule has 0 fully saturated rings. The van der Waals surface area contributed by atoms with Crippen molar-refractivity contribution in [2.24, 2.45) is 0 Å². The molecule has 3 aromatic rings. The first-order valence-electron chi connectivity index (χ1n) is 7.74. The molecule has 0 heterocycles. The third kappa shape index (κ3) is 3.26. The fourth-order valence-corrected chi connectivity index (χ4v) is 2.88. The summed E-state index contributed by atoms with van der Waals surface area (Å²) in [7, 11) is 0. The van der Waals surface area contributed by atoms with Gasteiger partial charge >= 0.3 is 0 Å². The molecule has 0 aliphatic heterocycles. The smallest absolute Gasteiger partial charge is 0.0363 e. The van der Waals surface area contributed by atoms with Gasteiger partial charge in [0, 0.05) is 12.6 Å². The van der Waals surface area contributed by atoms with Crippen molar-refractivity contribution in [2.75, 3.05) is 0 Å². The van der Waals surface area contributed by atoms with Gasteiger partial charge in [-0.25, -0.2) is 0 Å². The summed E-state index contributed by atoms with van der Waals surface area (Å²) in [6, 6.07) is 25.9. The van der Waals surface area contributed by atoms with E-state index >= 15 is 0 Å². The van der Waals surface area contributed by atoms with Crippen LogP contribution < -0.4 is 5.32 Å². The second-order valence-corrected chi connectivity index (χ2v) is 5.51. The van der Waals surface area contributed by atoms with Crippen LogP contribution in [0.3, 0.4) is 0 Å². The SMILES string of the molecule is C=CC[C@@H](NCc1ccccc1)c1cccc2ccccc12. The minimum Gasteiger partial charge on any atom is -0.306 e. The summed E-state index contributed by atoms with van der Waals surface area (Å²) in [5, 5.41) is 6.28. The molecule has 1 N–H and O–H groups in total. The lowest BCUT2D eigenvalue weighted by Crippen LogP contribution is -2.20. The molecule has 0 unspecified atom stereocenters. The van der Waals surface area contributed by atoms with Crippen molar-refractivity contribution < 1.29 is 0 Å². The number of fused-ring (bicyclic) bond motifs is 1. The van der Waals surface area contributed by atoms with E-state index in [1.807, 2.05) is 6.08 Å². The molecular formula is C21H21N. The molecule has 0 bridgehead atoms. The third-order valence-corrected chi connectivity index (χ3v) is 4.00. The molecule has 0 aliphatic rings. The molecule has 0 saturated heterocycles. The zero-order chi connectivity index (χ0) is 15.2. The molecule has 3 aromatic carbocycles. The summed E-state index contributed by atoms with van der Waals surface area (Å²) in [4.78, 5) is 0. The first kappa shape index (κ1) is 14.6. The van der Waals surface area contributed by atoms with E-state index in [-0.39, 0.29) is 6.04 Å². The molecule has 0 radical (unpaired) electrons. The highest BCUT2D eigenvalue weighted by Crippen LogP contribution is 2.26. The molecule has 1 atom stereocenters. The molecule has 3 rings (SSSR count). The Morgan fingerprint density at radius 3 is 2.41 bits per heavy atom. The van der Waals surface area contributed by atoms with Crippen LogP contribution in [0.4, 0.5) is 0 Å². The lowest BCUT2D eigenvalue weighted by molar-refractivity contribution is 0.542. The Balaban J connectivity index is 1.88. The minimum absolute atomic E-state index is 0.281. The normalized spacial score (nSPS) is 12.2. The lowest BCUT2D eigenvalue weighted by atomic mass is 9.96. The van der Waals surface area contributed by atoms with Crippen molar-refractivity contribution >= 4 is 10.8 Å². The molecular weight excluding hydrogens is 266 g/mol. The molecule has 22 heavy (non-hydrogen) atoms.